The van der Waals surface area contributed by atoms with Crippen LogP contribution in [0.3, 0.4) is 0 Å². The topological polar surface area (TPSA) is 117 Å². The number of hydrogen-bond acceptors (Lipinski definition) is 7. The Labute approximate surface area is 233 Å². The number of thiocarbonyl (C=S) groups is 1. The van der Waals surface area contributed by atoms with E-state index in [1.807, 2.05) is 6.07 Å². The molecule has 10 nitrogen and oxygen atoms in total. The van der Waals surface area contributed by atoms with E-state index >= 15 is 0 Å². The first kappa shape index (κ1) is 28.2. The maximum atomic E-state index is 13.7. The molecule has 206 valence electrons. The molecule has 39 heavy (non-hydrogen) atoms. The number of ether oxygens (including phenoxy) is 1. The predicted molar refractivity (Wildman–Crippen MR) is 152 cm³/mol. The lowest BCUT2D eigenvalue weighted by Crippen LogP contribution is -2.59. The van der Waals surface area contributed by atoms with Gasteiger partial charge in [-0.3, -0.25) is 19.8 Å². The van der Waals surface area contributed by atoms with Gasteiger partial charge in [0.25, 0.3) is 5.69 Å². The van der Waals surface area contributed by atoms with Crippen molar-refractivity contribution in [2.45, 2.75) is 44.7 Å². The SMILES string of the molecule is COC(=O)C1=C(C)NC(=S)NC1N(C(=O)CCCN1CCC(c2ccccc2)CC1)c1ccc([N+](=O)[O-])cc1. The van der Waals surface area contributed by atoms with Gasteiger partial charge in [-0.25, -0.2) is 4.79 Å². The summed E-state index contributed by atoms with van der Waals surface area (Å²) in [4.78, 5) is 40.9. The number of amides is 1. The number of carbonyl (C=O) groups excluding carboxylic acids is 2. The number of non-ortho nitro benzene ring substituents is 1. The highest BCUT2D eigenvalue weighted by Crippen LogP contribution is 2.29. The monoisotopic (exact) mass is 551 g/mol. The Balaban J connectivity index is 1.47. The minimum absolute atomic E-state index is 0.0984. The number of nitro groups is 1. The largest absolute Gasteiger partial charge is 0.465 e. The molecule has 1 saturated heterocycles. The van der Waals surface area contributed by atoms with Gasteiger partial charge < -0.3 is 20.3 Å². The number of carbonyl (C=O) groups is 2. The summed E-state index contributed by atoms with van der Waals surface area (Å²) >= 11 is 5.32. The number of hydrogen-bond donors (Lipinski definition) is 2. The van der Waals surface area contributed by atoms with Gasteiger partial charge in [0.05, 0.1) is 17.6 Å². The number of rotatable bonds is 9. The zero-order valence-corrected chi connectivity index (χ0v) is 22.9. The third-order valence-corrected chi connectivity index (χ3v) is 7.46. The highest BCUT2D eigenvalue weighted by molar-refractivity contribution is 7.80. The van der Waals surface area contributed by atoms with Gasteiger partial charge in [-0.2, -0.15) is 0 Å². The van der Waals surface area contributed by atoms with E-state index in [2.05, 4.69) is 39.8 Å². The maximum absolute atomic E-state index is 13.7. The summed E-state index contributed by atoms with van der Waals surface area (Å²) in [6, 6.07) is 16.2. The number of nitrogens with zero attached hydrogens (tertiary/aromatic N) is 3. The van der Waals surface area contributed by atoms with E-state index in [1.165, 1.54) is 41.8 Å². The van der Waals surface area contributed by atoms with Gasteiger partial charge in [-0.1, -0.05) is 30.3 Å². The first-order chi connectivity index (χ1) is 18.8. The first-order valence-electron chi connectivity index (χ1n) is 13.0. The zero-order chi connectivity index (χ0) is 27.9. The van der Waals surface area contributed by atoms with E-state index in [4.69, 9.17) is 17.0 Å². The van der Waals surface area contributed by atoms with E-state index in [0.29, 0.717) is 23.7 Å². The number of nitro benzene ring substituents is 1. The Kier molecular flexibility index (Phi) is 9.26. The summed E-state index contributed by atoms with van der Waals surface area (Å²) in [6.07, 6.45) is 2.08. The highest BCUT2D eigenvalue weighted by Gasteiger charge is 2.37. The molecule has 4 rings (SSSR count). The van der Waals surface area contributed by atoms with Crippen molar-refractivity contribution in [2.24, 2.45) is 0 Å². The normalized spacial score (nSPS) is 18.2. The molecular formula is C28H33N5O5S. The van der Waals surface area contributed by atoms with Crippen molar-refractivity contribution >= 4 is 40.6 Å². The second-order valence-electron chi connectivity index (χ2n) is 9.70. The molecule has 11 heteroatoms. The average molecular weight is 552 g/mol. The lowest BCUT2D eigenvalue weighted by molar-refractivity contribution is -0.384. The summed E-state index contributed by atoms with van der Waals surface area (Å²) in [6.45, 7) is 4.40. The number of likely N-dealkylation sites (tertiary alicyclic amines) is 1. The molecule has 0 radical (unpaired) electrons. The van der Waals surface area contributed by atoms with Crippen molar-refractivity contribution < 1.29 is 19.2 Å². The van der Waals surface area contributed by atoms with E-state index < -0.39 is 17.1 Å². The smallest absolute Gasteiger partial charge is 0.339 e. The molecule has 2 heterocycles. The first-order valence-corrected chi connectivity index (χ1v) is 13.4. The fourth-order valence-electron chi connectivity index (χ4n) is 5.20. The van der Waals surface area contributed by atoms with Gasteiger partial charge in [-0.15, -0.1) is 0 Å². The molecule has 1 fully saturated rings. The van der Waals surface area contributed by atoms with Crippen molar-refractivity contribution in [3.63, 3.8) is 0 Å². The van der Waals surface area contributed by atoms with Crippen LogP contribution in [0, 0.1) is 10.1 Å². The number of esters is 1. The molecule has 2 N–H and O–H groups in total. The van der Waals surface area contributed by atoms with Crippen molar-refractivity contribution in [1.29, 1.82) is 0 Å². The van der Waals surface area contributed by atoms with E-state index in [0.717, 1.165) is 32.5 Å². The van der Waals surface area contributed by atoms with Crippen LogP contribution in [-0.4, -0.2) is 59.7 Å². The van der Waals surface area contributed by atoms with Crippen LogP contribution < -0.4 is 15.5 Å². The van der Waals surface area contributed by atoms with Crippen LogP contribution in [0.25, 0.3) is 0 Å². The summed E-state index contributed by atoms with van der Waals surface area (Å²) < 4.78 is 4.99. The fourth-order valence-corrected chi connectivity index (χ4v) is 5.47. The Morgan fingerprint density at radius 2 is 1.79 bits per heavy atom. The van der Waals surface area contributed by atoms with Crippen LogP contribution in [0.15, 0.2) is 65.9 Å². The molecule has 1 amide bonds. The van der Waals surface area contributed by atoms with E-state index in [-0.39, 0.29) is 28.7 Å². The molecule has 0 aliphatic carbocycles. The van der Waals surface area contributed by atoms with Crippen molar-refractivity contribution in [3.8, 4) is 0 Å². The lowest BCUT2D eigenvalue weighted by Gasteiger charge is -2.37. The third kappa shape index (κ3) is 6.79. The second kappa shape index (κ2) is 12.8. The van der Waals surface area contributed by atoms with Gasteiger partial charge in [0.2, 0.25) is 5.91 Å². The van der Waals surface area contributed by atoms with Crippen LogP contribution in [-0.2, 0) is 14.3 Å². The minimum Gasteiger partial charge on any atom is -0.465 e. The molecule has 0 bridgehead atoms. The number of anilines is 1. The van der Waals surface area contributed by atoms with Gasteiger partial charge >= 0.3 is 5.97 Å². The number of methoxy groups -OCH3 is 1. The van der Waals surface area contributed by atoms with Gasteiger partial charge in [-0.05, 0) is 81.7 Å². The van der Waals surface area contributed by atoms with Gasteiger partial charge in [0.15, 0.2) is 5.11 Å². The van der Waals surface area contributed by atoms with Crippen LogP contribution in [0.5, 0.6) is 0 Å². The Morgan fingerprint density at radius 3 is 2.41 bits per heavy atom. The second-order valence-corrected chi connectivity index (χ2v) is 10.1. The standard InChI is InChI=1S/C28H33N5O5S/c1-19-25(27(35)38-2)26(30-28(39)29-19)32(22-10-12-23(13-11-22)33(36)37)24(34)9-6-16-31-17-14-21(15-18-31)20-7-4-3-5-8-20/h3-5,7-8,10-13,21,26H,6,9,14-18H2,1-2H3,(H2,29,30,39). The van der Waals surface area contributed by atoms with Gasteiger partial charge in [0.1, 0.15) is 6.17 Å². The molecule has 0 spiro atoms. The molecule has 0 aromatic heterocycles. The van der Waals surface area contributed by atoms with Crippen molar-refractivity contribution in [2.75, 3.05) is 31.6 Å². The summed E-state index contributed by atoms with van der Waals surface area (Å²) in [5.41, 5.74) is 2.37. The van der Waals surface area contributed by atoms with Crippen LogP contribution in [0.2, 0.25) is 0 Å². The molecule has 2 aliphatic heterocycles. The number of piperidine rings is 1. The quantitative estimate of drug-likeness (QED) is 0.207. The number of benzene rings is 2. The number of nitrogens with one attached hydrogen (secondary N) is 2. The Hall–Kier alpha value is -3.83. The molecule has 1 unspecified atom stereocenters. The van der Waals surface area contributed by atoms with E-state index in [1.54, 1.807) is 6.92 Å². The highest BCUT2D eigenvalue weighted by atomic mass is 32.1. The predicted octanol–water partition coefficient (Wildman–Crippen LogP) is 3.84. The average Bonchev–Trinajstić information content (AvgIpc) is 2.94. The zero-order valence-electron chi connectivity index (χ0n) is 22.1. The molecule has 2 aromatic rings. The summed E-state index contributed by atoms with van der Waals surface area (Å²) in [5, 5.41) is 17.4. The van der Waals surface area contributed by atoms with Crippen LogP contribution in [0.1, 0.15) is 44.1 Å². The van der Waals surface area contributed by atoms with Crippen molar-refractivity contribution in [3.05, 3.63) is 81.5 Å². The van der Waals surface area contributed by atoms with Crippen LogP contribution in [0.4, 0.5) is 11.4 Å². The minimum atomic E-state index is -0.929. The number of allylic oxidation sites excluding steroid dienone is 1. The molecule has 2 aromatic carbocycles. The fraction of sp³-hybridized carbons (Fsp3) is 0.393. The van der Waals surface area contributed by atoms with Crippen molar-refractivity contribution in [1.82, 2.24) is 15.5 Å². The lowest BCUT2D eigenvalue weighted by atomic mass is 9.89. The van der Waals surface area contributed by atoms with Crippen LogP contribution >= 0.6 is 12.2 Å². The van der Waals surface area contributed by atoms with E-state index in [9.17, 15) is 19.7 Å². The molecule has 2 aliphatic rings. The summed E-state index contributed by atoms with van der Waals surface area (Å²) in [7, 11) is 1.27. The molecule has 1 atom stereocenters. The van der Waals surface area contributed by atoms with Gasteiger partial charge in [0, 0.05) is 29.9 Å². The Bertz CT molecular complexity index is 1240. The Morgan fingerprint density at radius 1 is 1.13 bits per heavy atom. The third-order valence-electron chi connectivity index (χ3n) is 7.24. The molecular weight excluding hydrogens is 518 g/mol. The molecule has 0 saturated carbocycles. The summed E-state index contributed by atoms with van der Waals surface area (Å²) in [5.74, 6) is -0.288. The maximum Gasteiger partial charge on any atom is 0.339 e.